The van der Waals surface area contributed by atoms with Crippen molar-refractivity contribution in [2.45, 2.75) is 26.5 Å². The molecule has 1 atom stereocenters. The number of ether oxygens (including phenoxy) is 1. The number of halogens is 2. The number of benzene rings is 1. The predicted molar refractivity (Wildman–Crippen MR) is 69.8 cm³/mol. The van der Waals surface area contributed by atoms with Crippen LogP contribution in [0.5, 0.6) is 5.75 Å². The maximum Gasteiger partial charge on any atom is 0.387 e. The number of hydrogen-bond donors (Lipinski definition) is 1. The molecule has 0 saturated heterocycles. The van der Waals surface area contributed by atoms with Gasteiger partial charge in [0.25, 0.3) is 0 Å². The summed E-state index contributed by atoms with van der Waals surface area (Å²) in [4.78, 5) is 4.19. The SMILES string of the molecule is Cc1nsc(NC(C)c2cccc(OC(F)F)c2)n1. The van der Waals surface area contributed by atoms with E-state index in [9.17, 15) is 8.78 Å². The van der Waals surface area contributed by atoms with Gasteiger partial charge < -0.3 is 10.1 Å². The minimum Gasteiger partial charge on any atom is -0.435 e. The largest absolute Gasteiger partial charge is 0.435 e. The van der Waals surface area contributed by atoms with E-state index >= 15 is 0 Å². The van der Waals surface area contributed by atoms with Gasteiger partial charge in [-0.15, -0.1) is 0 Å². The predicted octanol–water partition coefficient (Wildman–Crippen LogP) is 3.62. The Morgan fingerprint density at radius 2 is 2.16 bits per heavy atom. The Hall–Kier alpha value is -1.76. The summed E-state index contributed by atoms with van der Waals surface area (Å²) < 4.78 is 32.7. The molecule has 19 heavy (non-hydrogen) atoms. The minimum absolute atomic E-state index is 0.0754. The van der Waals surface area contributed by atoms with E-state index in [1.54, 1.807) is 12.1 Å². The van der Waals surface area contributed by atoms with Crippen molar-refractivity contribution in [3.63, 3.8) is 0 Å². The molecule has 1 aromatic heterocycles. The van der Waals surface area contributed by atoms with Crippen LogP contribution in [0.3, 0.4) is 0 Å². The average Bonchev–Trinajstić information content (AvgIpc) is 2.74. The van der Waals surface area contributed by atoms with E-state index in [0.29, 0.717) is 11.0 Å². The number of nitrogens with one attached hydrogen (secondary N) is 1. The Kier molecular flexibility index (Phi) is 4.26. The van der Waals surface area contributed by atoms with Gasteiger partial charge >= 0.3 is 6.61 Å². The molecule has 4 nitrogen and oxygen atoms in total. The van der Waals surface area contributed by atoms with Crippen molar-refractivity contribution in [1.29, 1.82) is 0 Å². The van der Waals surface area contributed by atoms with Crippen molar-refractivity contribution in [1.82, 2.24) is 9.36 Å². The number of aryl methyl sites for hydroxylation is 1. The summed E-state index contributed by atoms with van der Waals surface area (Å²) in [7, 11) is 0. The first kappa shape index (κ1) is 13.7. The molecular formula is C12H13F2N3OS. The monoisotopic (exact) mass is 285 g/mol. The van der Waals surface area contributed by atoms with Crippen LogP contribution in [0.4, 0.5) is 13.9 Å². The Morgan fingerprint density at radius 3 is 2.79 bits per heavy atom. The van der Waals surface area contributed by atoms with E-state index in [2.05, 4.69) is 19.4 Å². The molecule has 0 aliphatic heterocycles. The van der Waals surface area contributed by atoms with E-state index < -0.39 is 6.61 Å². The third-order valence-electron chi connectivity index (χ3n) is 2.45. The highest BCUT2D eigenvalue weighted by atomic mass is 32.1. The zero-order chi connectivity index (χ0) is 13.8. The fourth-order valence-corrected chi connectivity index (χ4v) is 2.25. The standard InChI is InChI=1S/C12H13F2N3OS/c1-7(15-12-16-8(2)17-19-12)9-4-3-5-10(6-9)18-11(13)14/h3-7,11H,1-2H3,(H,15,16,17). The fraction of sp³-hybridized carbons (Fsp3) is 0.333. The maximum atomic E-state index is 12.1. The highest BCUT2D eigenvalue weighted by Gasteiger charge is 2.10. The molecule has 0 fully saturated rings. The van der Waals surface area contributed by atoms with E-state index in [-0.39, 0.29) is 11.8 Å². The molecule has 7 heteroatoms. The average molecular weight is 285 g/mol. The second-order valence-electron chi connectivity index (χ2n) is 3.96. The van der Waals surface area contributed by atoms with Crippen molar-refractivity contribution in [3.05, 3.63) is 35.7 Å². The van der Waals surface area contributed by atoms with Crippen LogP contribution in [0.2, 0.25) is 0 Å². The zero-order valence-electron chi connectivity index (χ0n) is 10.4. The second kappa shape index (κ2) is 5.92. The number of hydrogen-bond acceptors (Lipinski definition) is 5. The molecule has 2 rings (SSSR count). The van der Waals surface area contributed by atoms with Crippen molar-refractivity contribution >= 4 is 16.7 Å². The molecule has 0 bridgehead atoms. The van der Waals surface area contributed by atoms with Crippen LogP contribution >= 0.6 is 11.5 Å². The summed E-state index contributed by atoms with van der Waals surface area (Å²) in [5.41, 5.74) is 0.839. The molecule has 1 aromatic carbocycles. The lowest BCUT2D eigenvalue weighted by Crippen LogP contribution is -2.07. The smallest absolute Gasteiger partial charge is 0.387 e. The van der Waals surface area contributed by atoms with Gasteiger partial charge in [-0.2, -0.15) is 13.2 Å². The molecule has 0 radical (unpaired) electrons. The zero-order valence-corrected chi connectivity index (χ0v) is 11.2. The quantitative estimate of drug-likeness (QED) is 0.911. The number of anilines is 1. The van der Waals surface area contributed by atoms with Crippen molar-refractivity contribution in [2.24, 2.45) is 0 Å². The summed E-state index contributed by atoms with van der Waals surface area (Å²) in [6.45, 7) is 0.908. The maximum absolute atomic E-state index is 12.1. The molecule has 2 aromatic rings. The van der Waals surface area contributed by atoms with Gasteiger partial charge in [0.15, 0.2) is 0 Å². The molecule has 102 valence electrons. The molecule has 1 N–H and O–H groups in total. The normalized spacial score (nSPS) is 12.5. The van der Waals surface area contributed by atoms with Gasteiger partial charge in [0.1, 0.15) is 11.6 Å². The Labute approximate surface area is 113 Å². The summed E-state index contributed by atoms with van der Waals surface area (Å²) in [6.07, 6.45) is 0. The van der Waals surface area contributed by atoms with E-state index in [0.717, 1.165) is 5.56 Å². The molecule has 0 amide bonds. The molecule has 0 aliphatic rings. The van der Waals surface area contributed by atoms with Crippen LogP contribution in [0.15, 0.2) is 24.3 Å². The van der Waals surface area contributed by atoms with Gasteiger partial charge in [-0.25, -0.2) is 4.98 Å². The van der Waals surface area contributed by atoms with Crippen LogP contribution in [-0.4, -0.2) is 16.0 Å². The highest BCUT2D eigenvalue weighted by molar-refractivity contribution is 7.09. The lowest BCUT2D eigenvalue weighted by Gasteiger charge is -2.14. The van der Waals surface area contributed by atoms with Gasteiger partial charge in [-0.1, -0.05) is 12.1 Å². The van der Waals surface area contributed by atoms with Gasteiger partial charge in [0.2, 0.25) is 5.13 Å². The fourth-order valence-electron chi connectivity index (χ4n) is 1.58. The third kappa shape index (κ3) is 3.85. The Morgan fingerprint density at radius 1 is 1.37 bits per heavy atom. The van der Waals surface area contributed by atoms with Crippen LogP contribution in [0.1, 0.15) is 24.4 Å². The van der Waals surface area contributed by atoms with Gasteiger partial charge in [-0.3, -0.25) is 0 Å². The molecule has 0 saturated carbocycles. The molecule has 1 heterocycles. The van der Waals surface area contributed by atoms with Crippen LogP contribution in [0.25, 0.3) is 0 Å². The van der Waals surface area contributed by atoms with E-state index in [1.165, 1.54) is 17.6 Å². The first-order chi connectivity index (χ1) is 9.04. The van der Waals surface area contributed by atoms with Crippen molar-refractivity contribution in [3.8, 4) is 5.75 Å². The lowest BCUT2D eigenvalue weighted by molar-refractivity contribution is -0.0498. The minimum atomic E-state index is -2.82. The Balaban J connectivity index is 2.08. The number of alkyl halides is 2. The van der Waals surface area contributed by atoms with Crippen LogP contribution in [-0.2, 0) is 0 Å². The summed E-state index contributed by atoms with van der Waals surface area (Å²) in [5.74, 6) is 0.851. The number of aromatic nitrogens is 2. The lowest BCUT2D eigenvalue weighted by atomic mass is 10.1. The second-order valence-corrected chi connectivity index (χ2v) is 4.72. The van der Waals surface area contributed by atoms with Gasteiger partial charge in [-0.05, 0) is 31.5 Å². The first-order valence-corrected chi connectivity index (χ1v) is 6.43. The van der Waals surface area contributed by atoms with Crippen molar-refractivity contribution in [2.75, 3.05) is 5.32 Å². The van der Waals surface area contributed by atoms with Gasteiger partial charge in [0.05, 0.1) is 6.04 Å². The molecule has 0 aliphatic carbocycles. The highest BCUT2D eigenvalue weighted by Crippen LogP contribution is 2.24. The summed E-state index contributed by atoms with van der Waals surface area (Å²) in [6, 6.07) is 6.52. The third-order valence-corrected chi connectivity index (χ3v) is 3.19. The molecule has 0 spiro atoms. The van der Waals surface area contributed by atoms with E-state index in [4.69, 9.17) is 0 Å². The van der Waals surface area contributed by atoms with Crippen LogP contribution < -0.4 is 10.1 Å². The first-order valence-electron chi connectivity index (χ1n) is 5.66. The van der Waals surface area contributed by atoms with Crippen molar-refractivity contribution < 1.29 is 13.5 Å². The van der Waals surface area contributed by atoms with E-state index in [1.807, 2.05) is 19.9 Å². The molecular weight excluding hydrogens is 272 g/mol. The Bertz CT molecular complexity index is 547. The number of rotatable bonds is 5. The van der Waals surface area contributed by atoms with Gasteiger partial charge in [0, 0.05) is 11.5 Å². The summed E-state index contributed by atoms with van der Waals surface area (Å²) in [5, 5.41) is 3.86. The van der Waals surface area contributed by atoms with Crippen LogP contribution in [0, 0.1) is 6.92 Å². The topological polar surface area (TPSA) is 47.0 Å². The number of nitrogens with zero attached hydrogens (tertiary/aromatic N) is 2. The molecule has 1 unspecified atom stereocenters. The summed E-state index contributed by atoms with van der Waals surface area (Å²) >= 11 is 1.26.